The van der Waals surface area contributed by atoms with E-state index in [2.05, 4.69) is 38.3 Å². The molecule has 1 aliphatic rings. The summed E-state index contributed by atoms with van der Waals surface area (Å²) in [5.41, 5.74) is 1.82. The second kappa shape index (κ2) is 8.81. The first-order chi connectivity index (χ1) is 14.1. The van der Waals surface area contributed by atoms with E-state index in [9.17, 15) is 9.18 Å². The molecule has 1 fully saturated rings. The largest absolute Gasteiger partial charge is 0.380 e. The Morgan fingerprint density at radius 1 is 1.34 bits per heavy atom. The number of hydrogen-bond donors (Lipinski definition) is 1. The number of rotatable bonds is 6. The summed E-state index contributed by atoms with van der Waals surface area (Å²) in [6.07, 6.45) is 1.03. The summed E-state index contributed by atoms with van der Waals surface area (Å²) in [4.78, 5) is 15.8. The number of nitrogens with one attached hydrogen (secondary N) is 1. The Labute approximate surface area is 181 Å². The van der Waals surface area contributed by atoms with Crippen LogP contribution >= 0.6 is 27.3 Å². The SMILES string of the molecule is COCc1c(C(=O)NCC2CCN(c3cccc(Br)c3)C2)sc2cccc(F)c12. The normalized spacial score (nSPS) is 16.5. The van der Waals surface area contributed by atoms with Gasteiger partial charge < -0.3 is 15.0 Å². The van der Waals surface area contributed by atoms with Crippen LogP contribution in [0.15, 0.2) is 46.9 Å². The van der Waals surface area contributed by atoms with E-state index in [4.69, 9.17) is 4.74 Å². The van der Waals surface area contributed by atoms with Crippen molar-refractivity contribution in [3.8, 4) is 0 Å². The van der Waals surface area contributed by atoms with E-state index in [0.717, 1.165) is 28.7 Å². The molecule has 0 saturated carbocycles. The number of methoxy groups -OCH3 is 1. The fourth-order valence-electron chi connectivity index (χ4n) is 3.86. The van der Waals surface area contributed by atoms with Gasteiger partial charge in [-0.3, -0.25) is 4.79 Å². The predicted octanol–water partition coefficient (Wildman–Crippen LogP) is 5.21. The molecule has 1 N–H and O–H groups in total. The topological polar surface area (TPSA) is 41.6 Å². The number of amides is 1. The lowest BCUT2D eigenvalue weighted by molar-refractivity contribution is 0.0948. The number of thiophene rings is 1. The van der Waals surface area contributed by atoms with Crippen LogP contribution in [-0.2, 0) is 11.3 Å². The van der Waals surface area contributed by atoms with Gasteiger partial charge in [-0.05, 0) is 42.7 Å². The van der Waals surface area contributed by atoms with Gasteiger partial charge >= 0.3 is 0 Å². The van der Waals surface area contributed by atoms with Crippen molar-refractivity contribution >= 4 is 48.9 Å². The summed E-state index contributed by atoms with van der Waals surface area (Å²) < 4.78 is 21.4. The van der Waals surface area contributed by atoms with E-state index in [1.807, 2.05) is 18.2 Å². The quantitative estimate of drug-likeness (QED) is 0.531. The Kier molecular flexibility index (Phi) is 6.18. The molecule has 1 saturated heterocycles. The highest BCUT2D eigenvalue weighted by molar-refractivity contribution is 9.10. The third kappa shape index (κ3) is 4.32. The number of carbonyl (C=O) groups excluding carboxylic acids is 1. The number of halogens is 2. The number of benzene rings is 2. The average molecular weight is 477 g/mol. The molecule has 4 nitrogen and oxygen atoms in total. The van der Waals surface area contributed by atoms with Crippen molar-refractivity contribution in [1.82, 2.24) is 5.32 Å². The van der Waals surface area contributed by atoms with Crippen LogP contribution in [-0.4, -0.2) is 32.7 Å². The third-order valence-corrected chi connectivity index (χ3v) is 6.96. The molecule has 0 bridgehead atoms. The van der Waals surface area contributed by atoms with Gasteiger partial charge in [-0.1, -0.05) is 28.1 Å². The molecule has 2 heterocycles. The zero-order valence-electron chi connectivity index (χ0n) is 16.1. The van der Waals surface area contributed by atoms with Crippen LogP contribution in [0, 0.1) is 11.7 Å². The minimum Gasteiger partial charge on any atom is -0.380 e. The lowest BCUT2D eigenvalue weighted by Crippen LogP contribution is -2.31. The van der Waals surface area contributed by atoms with Crippen LogP contribution in [0.4, 0.5) is 10.1 Å². The monoisotopic (exact) mass is 476 g/mol. The van der Waals surface area contributed by atoms with Crippen LogP contribution < -0.4 is 10.2 Å². The van der Waals surface area contributed by atoms with E-state index >= 15 is 0 Å². The van der Waals surface area contributed by atoms with Crippen LogP contribution in [0.2, 0.25) is 0 Å². The van der Waals surface area contributed by atoms with Crippen molar-refractivity contribution in [3.05, 3.63) is 63.2 Å². The molecule has 3 aromatic rings. The summed E-state index contributed by atoms with van der Waals surface area (Å²) in [5, 5.41) is 3.55. The van der Waals surface area contributed by atoms with E-state index in [1.54, 1.807) is 13.2 Å². The molecule has 1 atom stereocenters. The lowest BCUT2D eigenvalue weighted by Gasteiger charge is -2.19. The minimum absolute atomic E-state index is 0.154. The molecule has 29 heavy (non-hydrogen) atoms. The average Bonchev–Trinajstić information content (AvgIpc) is 3.32. The summed E-state index contributed by atoms with van der Waals surface area (Å²) in [6, 6.07) is 13.2. The van der Waals surface area contributed by atoms with Crippen LogP contribution in [0.25, 0.3) is 10.1 Å². The van der Waals surface area contributed by atoms with Crippen LogP contribution in [0.3, 0.4) is 0 Å². The van der Waals surface area contributed by atoms with Gasteiger partial charge in [0.1, 0.15) is 5.82 Å². The Balaban J connectivity index is 1.44. The molecule has 4 rings (SSSR count). The summed E-state index contributed by atoms with van der Waals surface area (Å²) in [7, 11) is 1.56. The van der Waals surface area contributed by atoms with Gasteiger partial charge in [0, 0.05) is 52.6 Å². The molecular weight excluding hydrogens is 455 g/mol. The van der Waals surface area contributed by atoms with Gasteiger partial charge in [-0.2, -0.15) is 0 Å². The maximum atomic E-state index is 14.3. The maximum Gasteiger partial charge on any atom is 0.261 e. The van der Waals surface area contributed by atoms with Crippen LogP contribution in [0.1, 0.15) is 21.7 Å². The molecule has 1 aliphatic heterocycles. The van der Waals surface area contributed by atoms with Crippen molar-refractivity contribution in [1.29, 1.82) is 0 Å². The molecule has 152 valence electrons. The molecule has 0 radical (unpaired) electrons. The van der Waals surface area contributed by atoms with Gasteiger partial charge in [0.15, 0.2) is 0 Å². The Morgan fingerprint density at radius 2 is 2.17 bits per heavy atom. The van der Waals surface area contributed by atoms with Crippen LogP contribution in [0.5, 0.6) is 0 Å². The number of fused-ring (bicyclic) bond motifs is 1. The first-order valence-electron chi connectivity index (χ1n) is 9.54. The fourth-order valence-corrected chi connectivity index (χ4v) is 5.38. The van der Waals surface area contributed by atoms with E-state index < -0.39 is 0 Å². The highest BCUT2D eigenvalue weighted by atomic mass is 79.9. The summed E-state index contributed by atoms with van der Waals surface area (Å²) >= 11 is 4.84. The molecule has 2 aromatic carbocycles. The Hall–Kier alpha value is -1.96. The number of hydrogen-bond acceptors (Lipinski definition) is 4. The van der Waals surface area contributed by atoms with Crippen molar-refractivity contribution in [2.75, 3.05) is 31.6 Å². The lowest BCUT2D eigenvalue weighted by atomic mass is 10.1. The van der Waals surface area contributed by atoms with E-state index in [-0.39, 0.29) is 18.3 Å². The van der Waals surface area contributed by atoms with Gasteiger partial charge in [-0.25, -0.2) is 4.39 Å². The van der Waals surface area contributed by atoms with E-state index in [1.165, 1.54) is 23.1 Å². The second-order valence-electron chi connectivity index (χ2n) is 7.25. The van der Waals surface area contributed by atoms with Gasteiger partial charge in [0.2, 0.25) is 0 Å². The Morgan fingerprint density at radius 3 is 2.97 bits per heavy atom. The second-order valence-corrected chi connectivity index (χ2v) is 9.21. The molecule has 1 aromatic heterocycles. The van der Waals surface area contributed by atoms with Gasteiger partial charge in [-0.15, -0.1) is 11.3 Å². The number of carbonyl (C=O) groups is 1. The third-order valence-electron chi connectivity index (χ3n) is 5.27. The molecule has 0 spiro atoms. The zero-order chi connectivity index (χ0) is 20.4. The standard InChI is InChI=1S/C22H22BrFN2O2S/c1-28-13-17-20-18(24)6-3-7-19(20)29-21(17)22(27)25-11-14-8-9-26(12-14)16-5-2-4-15(23)10-16/h2-7,10,14H,8-9,11-13H2,1H3,(H,25,27). The molecule has 0 aliphatic carbocycles. The molecule has 1 unspecified atom stereocenters. The van der Waals surface area contributed by atoms with Crippen molar-refractivity contribution in [2.45, 2.75) is 13.0 Å². The first kappa shape index (κ1) is 20.3. The van der Waals surface area contributed by atoms with Crippen molar-refractivity contribution < 1.29 is 13.9 Å². The van der Waals surface area contributed by atoms with Gasteiger partial charge in [0.05, 0.1) is 11.5 Å². The van der Waals surface area contributed by atoms with Crippen molar-refractivity contribution in [2.24, 2.45) is 5.92 Å². The number of anilines is 1. The highest BCUT2D eigenvalue weighted by Gasteiger charge is 2.25. The molecule has 7 heteroatoms. The Bertz CT molecular complexity index is 1040. The zero-order valence-corrected chi connectivity index (χ0v) is 18.5. The van der Waals surface area contributed by atoms with E-state index in [0.29, 0.717) is 28.3 Å². The smallest absolute Gasteiger partial charge is 0.261 e. The summed E-state index contributed by atoms with van der Waals surface area (Å²) in [5.74, 6) is -0.0845. The molecular formula is C22H22BrFN2O2S. The predicted molar refractivity (Wildman–Crippen MR) is 119 cm³/mol. The number of ether oxygens (including phenoxy) is 1. The van der Waals surface area contributed by atoms with Gasteiger partial charge in [0.25, 0.3) is 5.91 Å². The molecule has 1 amide bonds. The first-order valence-corrected chi connectivity index (χ1v) is 11.2. The fraction of sp³-hybridized carbons (Fsp3) is 0.318. The summed E-state index contributed by atoms with van der Waals surface area (Å²) in [6.45, 7) is 2.69. The van der Waals surface area contributed by atoms with Crippen molar-refractivity contribution in [3.63, 3.8) is 0 Å². The number of nitrogens with zero attached hydrogens (tertiary/aromatic N) is 1. The highest BCUT2D eigenvalue weighted by Crippen LogP contribution is 2.34. The minimum atomic E-state index is -0.315. The maximum absolute atomic E-state index is 14.3.